The normalized spacial score (nSPS) is 23.2. The molecule has 4 aliphatic rings. The Kier molecular flexibility index (Phi) is 10.9. The van der Waals surface area contributed by atoms with Crippen molar-refractivity contribution in [3.8, 4) is 33.6 Å². The van der Waals surface area contributed by atoms with Crippen LogP contribution in [0.15, 0.2) is 73.1 Å². The summed E-state index contributed by atoms with van der Waals surface area (Å²) in [6.07, 6.45) is 9.47. The van der Waals surface area contributed by atoms with Gasteiger partial charge in [0.05, 0.1) is 50.1 Å². The second-order valence-corrected chi connectivity index (χ2v) is 18.9. The second-order valence-electron chi connectivity index (χ2n) is 18.9. The zero-order valence-electron chi connectivity index (χ0n) is 36.4. The van der Waals surface area contributed by atoms with E-state index >= 15 is 0 Å². The van der Waals surface area contributed by atoms with E-state index in [2.05, 4.69) is 81.3 Å². The van der Waals surface area contributed by atoms with Crippen molar-refractivity contribution >= 4 is 34.6 Å². The molecule has 1 aliphatic heterocycles. The number of aromatic amines is 2. The van der Waals surface area contributed by atoms with Crippen molar-refractivity contribution < 1.29 is 28.7 Å². The molecule has 3 heterocycles. The van der Waals surface area contributed by atoms with Crippen LogP contribution in [-0.4, -0.2) is 81.1 Å². The number of piperidine rings is 1. The first-order valence-corrected chi connectivity index (χ1v) is 22.1. The summed E-state index contributed by atoms with van der Waals surface area (Å²) in [4.78, 5) is 71.0. The third-order valence-corrected chi connectivity index (χ3v) is 14.3. The molecule has 2 bridgehead atoms. The first-order valence-electron chi connectivity index (χ1n) is 22.1. The van der Waals surface area contributed by atoms with E-state index in [1.54, 1.807) is 0 Å². The van der Waals surface area contributed by atoms with Gasteiger partial charge in [0, 0.05) is 23.4 Å². The fourth-order valence-corrected chi connectivity index (χ4v) is 10.7. The van der Waals surface area contributed by atoms with Crippen molar-refractivity contribution in [2.24, 2.45) is 29.1 Å². The lowest BCUT2D eigenvalue weighted by atomic mass is 9.84. The monoisotopic (exact) mass is 839 g/mol. The number of nitrogens with one attached hydrogen (secondary N) is 4. The van der Waals surface area contributed by atoms with Gasteiger partial charge in [-0.05, 0) is 108 Å². The summed E-state index contributed by atoms with van der Waals surface area (Å²) in [5.41, 5.74) is 6.22. The molecule has 1 unspecified atom stereocenters. The average molecular weight is 840 g/mol. The molecule has 3 aliphatic carbocycles. The van der Waals surface area contributed by atoms with Gasteiger partial charge >= 0.3 is 12.2 Å². The molecular formula is C49H57N7O6. The molecular weight excluding hydrogens is 783 g/mol. The van der Waals surface area contributed by atoms with Crippen LogP contribution < -0.4 is 10.6 Å². The van der Waals surface area contributed by atoms with E-state index in [-0.39, 0.29) is 52.9 Å². The number of likely N-dealkylation sites (tertiary alicyclic amines) is 1. The van der Waals surface area contributed by atoms with Crippen LogP contribution in [0.4, 0.5) is 9.59 Å². The fraction of sp³-hybridized carbons (Fsp3) is 0.469. The van der Waals surface area contributed by atoms with Crippen LogP contribution in [0.5, 0.6) is 0 Å². The Bertz CT molecular complexity index is 2500. The number of hydrogen-bond donors (Lipinski definition) is 4. The number of rotatable bonds is 12. The number of alkyl carbamates (subject to hydrolysis) is 2. The Morgan fingerprint density at radius 3 is 1.92 bits per heavy atom. The molecule has 5 aromatic rings. The molecule has 3 amide bonds. The van der Waals surface area contributed by atoms with E-state index < -0.39 is 24.3 Å². The maximum absolute atomic E-state index is 14.0. The van der Waals surface area contributed by atoms with Gasteiger partial charge in [-0.25, -0.2) is 19.6 Å². The number of methoxy groups -OCH3 is 2. The minimum atomic E-state index is -0.680. The van der Waals surface area contributed by atoms with Gasteiger partial charge in [0.1, 0.15) is 17.7 Å². The second kappa shape index (κ2) is 16.4. The Morgan fingerprint density at radius 1 is 0.710 bits per heavy atom. The number of benzene rings is 3. The molecule has 2 aromatic heterocycles. The lowest BCUT2D eigenvalue weighted by Gasteiger charge is -2.37. The van der Waals surface area contributed by atoms with Gasteiger partial charge in [-0.3, -0.25) is 9.59 Å². The summed E-state index contributed by atoms with van der Waals surface area (Å²) in [7, 11) is 2.63. The number of fused-ring (bicyclic) bond motifs is 3. The number of nitrogens with zero attached hydrogens (tertiary/aromatic N) is 3. The van der Waals surface area contributed by atoms with Gasteiger partial charge in [0.15, 0.2) is 5.78 Å². The van der Waals surface area contributed by atoms with Gasteiger partial charge in [0.25, 0.3) is 0 Å². The molecule has 3 saturated carbocycles. The number of amides is 3. The number of ether oxygens (including phenoxy) is 2. The summed E-state index contributed by atoms with van der Waals surface area (Å²) < 4.78 is 9.67. The number of imidazole rings is 2. The van der Waals surface area contributed by atoms with E-state index in [0.717, 1.165) is 101 Å². The first-order chi connectivity index (χ1) is 29.8. The topological polar surface area (TPSA) is 171 Å². The Balaban J connectivity index is 0.893. The Hall–Kier alpha value is -5.98. The van der Waals surface area contributed by atoms with Crippen molar-refractivity contribution in [1.29, 1.82) is 0 Å². The van der Waals surface area contributed by atoms with Gasteiger partial charge in [0.2, 0.25) is 5.91 Å². The zero-order chi connectivity index (χ0) is 43.4. The molecule has 4 fully saturated rings. The minimum Gasteiger partial charge on any atom is -0.453 e. The highest BCUT2D eigenvalue weighted by molar-refractivity contribution is 5.92. The van der Waals surface area contributed by atoms with Crippen molar-refractivity contribution in [2.75, 3.05) is 14.2 Å². The summed E-state index contributed by atoms with van der Waals surface area (Å²) >= 11 is 0. The minimum absolute atomic E-state index is 0.0339. The molecule has 13 nitrogen and oxygen atoms in total. The Morgan fingerprint density at radius 2 is 1.27 bits per heavy atom. The third-order valence-electron chi connectivity index (χ3n) is 14.3. The molecule has 13 heteroatoms. The number of carbonyl (C=O) groups excluding carboxylic acids is 4. The highest BCUT2D eigenvalue weighted by Crippen LogP contribution is 2.64. The van der Waals surface area contributed by atoms with E-state index in [1.165, 1.54) is 14.2 Å². The molecule has 3 aromatic carbocycles. The van der Waals surface area contributed by atoms with E-state index in [1.807, 2.05) is 45.0 Å². The maximum atomic E-state index is 14.0. The highest BCUT2D eigenvalue weighted by Gasteiger charge is 2.56. The van der Waals surface area contributed by atoms with Gasteiger partial charge < -0.3 is 35.0 Å². The van der Waals surface area contributed by atoms with Gasteiger partial charge in [-0.1, -0.05) is 76.2 Å². The number of ketones is 1. The molecule has 9 rings (SSSR count). The Labute approximate surface area is 362 Å². The van der Waals surface area contributed by atoms with Crippen LogP contribution in [0.1, 0.15) is 96.2 Å². The molecule has 1 saturated heterocycles. The summed E-state index contributed by atoms with van der Waals surface area (Å²) in [5.74, 6) is 1.48. The molecule has 324 valence electrons. The lowest BCUT2D eigenvalue weighted by molar-refractivity contribution is -0.139. The summed E-state index contributed by atoms with van der Waals surface area (Å²) in [6, 6.07) is 20.0. The van der Waals surface area contributed by atoms with Crippen molar-refractivity contribution in [3.05, 3.63) is 84.7 Å². The molecule has 62 heavy (non-hydrogen) atoms. The number of hydrogen-bond acceptors (Lipinski definition) is 8. The van der Waals surface area contributed by atoms with Gasteiger partial charge in [-0.15, -0.1) is 0 Å². The van der Waals surface area contributed by atoms with Crippen LogP contribution in [0.25, 0.3) is 44.4 Å². The van der Waals surface area contributed by atoms with E-state index in [4.69, 9.17) is 19.4 Å². The molecule has 4 N–H and O–H groups in total. The van der Waals surface area contributed by atoms with Crippen molar-refractivity contribution in [2.45, 2.75) is 103 Å². The van der Waals surface area contributed by atoms with E-state index in [0.29, 0.717) is 5.92 Å². The fourth-order valence-electron chi connectivity index (χ4n) is 10.7. The van der Waals surface area contributed by atoms with Crippen LogP contribution in [0.3, 0.4) is 0 Å². The van der Waals surface area contributed by atoms with E-state index in [9.17, 15) is 19.2 Å². The predicted octanol–water partition coefficient (Wildman–Crippen LogP) is 8.94. The lowest BCUT2D eigenvalue weighted by Crippen LogP contribution is -2.54. The van der Waals surface area contributed by atoms with Crippen LogP contribution >= 0.6 is 0 Å². The smallest absolute Gasteiger partial charge is 0.407 e. The summed E-state index contributed by atoms with van der Waals surface area (Å²) in [6.45, 7) is 7.77. The molecule has 0 radical (unpaired) electrons. The standard InChI is InChI=1S/C49H57N7O6/c1-26(2)40(54-47(59)61-5)43(57)36-22-49(17-18-49)23-37(36)44-50-25-39(52-44)33-14-13-31-19-30(11-12-32(31)20-33)28-7-9-29(10-8-28)38-24-51-45(53-38)42-34-15-16-35(21-34)56(42)46(58)41(27(3)4)55-48(60)62-6/h7-14,19-20,24-27,34-37,40-42H,15-18,21-23H2,1-6H3,(H,50,52)(H,51,53)(H,54,59)(H,55,60)/t34-,35-,36?,37-,40+,41+,42+/m1/s1. The van der Waals surface area contributed by atoms with Crippen molar-refractivity contribution in [3.63, 3.8) is 0 Å². The number of aromatic nitrogens is 4. The number of H-pyrrole nitrogens is 2. The van der Waals surface area contributed by atoms with Crippen LogP contribution in [0.2, 0.25) is 0 Å². The average Bonchev–Trinajstić information content (AvgIpc) is 3.91. The molecule has 1 spiro atoms. The largest absolute Gasteiger partial charge is 0.453 e. The highest BCUT2D eigenvalue weighted by atomic mass is 16.5. The van der Waals surface area contributed by atoms with Crippen LogP contribution in [-0.2, 0) is 19.1 Å². The van der Waals surface area contributed by atoms with Crippen molar-refractivity contribution in [1.82, 2.24) is 35.5 Å². The maximum Gasteiger partial charge on any atom is 0.407 e. The number of Topliss-reactive ketones (excluding diaryl/α,β-unsaturated/α-hetero) is 1. The SMILES string of the molecule is COC(=O)N[C@H](C(=O)C1CC2(CC2)C[C@H]1c1ncc(-c2ccc3cc(-c4ccc(-c5cnc([C@@H]6[C@@H]7CC[C@H](C7)N6C(=O)[C@@H](NC(=O)OC)C(C)C)[nH]5)cc4)ccc3c2)[nH]1)C(C)C. The summed E-state index contributed by atoms with van der Waals surface area (Å²) in [5, 5.41) is 7.79. The van der Waals surface area contributed by atoms with Gasteiger partial charge in [-0.2, -0.15) is 0 Å². The third kappa shape index (κ3) is 7.75. The number of carbonyl (C=O) groups is 4. The zero-order valence-corrected chi connectivity index (χ0v) is 36.4. The molecule has 7 atom stereocenters. The predicted molar refractivity (Wildman–Crippen MR) is 236 cm³/mol. The first kappa shape index (κ1) is 41.4. The quantitative estimate of drug-likeness (QED) is 0.0965. The van der Waals surface area contributed by atoms with Crippen LogP contribution in [0, 0.1) is 29.1 Å².